The van der Waals surface area contributed by atoms with E-state index in [1.165, 1.54) is 0 Å². The fraction of sp³-hybridized carbons (Fsp3) is 0.308. The molecule has 0 saturated heterocycles. The highest BCUT2D eigenvalue weighted by Gasteiger charge is 2.10. The van der Waals surface area contributed by atoms with Gasteiger partial charge in [-0.3, -0.25) is 4.79 Å². The molecule has 2 aromatic rings. The third-order valence-electron chi connectivity index (χ3n) is 2.56. The Morgan fingerprint density at radius 1 is 1.42 bits per heavy atom. The van der Waals surface area contributed by atoms with Crippen molar-refractivity contribution < 1.29 is 9.32 Å². The number of hydrogen-bond acceptors (Lipinski definition) is 4. The number of nitrogens with one attached hydrogen (secondary N) is 1. The molecule has 6 heteroatoms. The minimum absolute atomic E-state index is 0.119. The summed E-state index contributed by atoms with van der Waals surface area (Å²) in [6.45, 7) is 4.17. The molecule has 0 saturated carbocycles. The Morgan fingerprint density at radius 3 is 2.89 bits per heavy atom. The van der Waals surface area contributed by atoms with Crippen molar-refractivity contribution in [1.29, 1.82) is 0 Å². The maximum Gasteiger partial charge on any atom is 0.252 e. The minimum Gasteiger partial charge on any atom is -0.351 e. The van der Waals surface area contributed by atoms with Gasteiger partial charge >= 0.3 is 0 Å². The molecule has 19 heavy (non-hydrogen) atoms. The molecule has 0 bridgehead atoms. The van der Waals surface area contributed by atoms with Gasteiger partial charge in [-0.2, -0.15) is 4.98 Å². The Bertz CT molecular complexity index is 595. The molecular weight excluding hydrogens is 310 g/mol. The lowest BCUT2D eigenvalue weighted by Crippen LogP contribution is -2.26. The highest BCUT2D eigenvalue weighted by Crippen LogP contribution is 2.17. The molecule has 1 heterocycles. The summed E-state index contributed by atoms with van der Waals surface area (Å²) in [4.78, 5) is 16.1. The molecule has 0 aliphatic carbocycles. The van der Waals surface area contributed by atoms with Gasteiger partial charge in [-0.15, -0.1) is 0 Å². The van der Waals surface area contributed by atoms with Gasteiger partial charge in [-0.05, 0) is 41.9 Å². The van der Waals surface area contributed by atoms with Crippen molar-refractivity contribution >= 4 is 21.8 Å². The van der Waals surface area contributed by atoms with Crippen molar-refractivity contribution in [3.05, 3.63) is 45.5 Å². The molecule has 5 nitrogen and oxygen atoms in total. The standard InChI is InChI=1S/C13H14BrN3O2/c1-8-3-4-11(14)10(7-8)13(18)15-6-5-12-16-9(2)17-19-12/h3-4,7H,5-6H2,1-2H3,(H,15,18). The van der Waals surface area contributed by atoms with Gasteiger partial charge in [0.15, 0.2) is 5.82 Å². The Labute approximate surface area is 119 Å². The van der Waals surface area contributed by atoms with Crippen LogP contribution in [-0.4, -0.2) is 22.6 Å². The van der Waals surface area contributed by atoms with E-state index in [9.17, 15) is 4.79 Å². The molecule has 2 rings (SSSR count). The summed E-state index contributed by atoms with van der Waals surface area (Å²) in [5, 5.41) is 6.52. The van der Waals surface area contributed by atoms with Gasteiger partial charge in [0, 0.05) is 17.4 Å². The fourth-order valence-corrected chi connectivity index (χ4v) is 2.06. The van der Waals surface area contributed by atoms with Gasteiger partial charge in [0.2, 0.25) is 5.89 Å². The number of benzene rings is 1. The maximum atomic E-state index is 12.0. The zero-order valence-corrected chi connectivity index (χ0v) is 12.3. The van der Waals surface area contributed by atoms with Gasteiger partial charge in [-0.1, -0.05) is 16.8 Å². The van der Waals surface area contributed by atoms with Crippen molar-refractivity contribution in [2.45, 2.75) is 20.3 Å². The fourth-order valence-electron chi connectivity index (χ4n) is 1.63. The zero-order chi connectivity index (χ0) is 13.8. The van der Waals surface area contributed by atoms with Gasteiger partial charge in [0.05, 0.1) is 5.56 Å². The number of aromatic nitrogens is 2. The molecule has 1 amide bonds. The van der Waals surface area contributed by atoms with Crippen LogP contribution in [0, 0.1) is 13.8 Å². The second-order valence-electron chi connectivity index (χ2n) is 4.22. The van der Waals surface area contributed by atoms with Gasteiger partial charge in [0.25, 0.3) is 5.91 Å². The van der Waals surface area contributed by atoms with Crippen LogP contribution in [0.1, 0.15) is 27.6 Å². The normalized spacial score (nSPS) is 10.5. The summed E-state index contributed by atoms with van der Waals surface area (Å²) in [6, 6.07) is 5.66. The molecule has 0 radical (unpaired) electrons. The van der Waals surface area contributed by atoms with Gasteiger partial charge in [-0.25, -0.2) is 0 Å². The van der Waals surface area contributed by atoms with Gasteiger partial charge in [0.1, 0.15) is 0 Å². The van der Waals surface area contributed by atoms with Crippen LogP contribution in [0.15, 0.2) is 27.2 Å². The van der Waals surface area contributed by atoms with Crippen LogP contribution in [0.2, 0.25) is 0 Å². The molecule has 1 aromatic carbocycles. The minimum atomic E-state index is -0.119. The molecule has 0 aliphatic rings. The maximum absolute atomic E-state index is 12.0. The first-order chi connectivity index (χ1) is 9.06. The third kappa shape index (κ3) is 3.64. The highest BCUT2D eigenvalue weighted by atomic mass is 79.9. The molecule has 0 spiro atoms. The topological polar surface area (TPSA) is 68.0 Å². The number of carbonyl (C=O) groups is 1. The average molecular weight is 324 g/mol. The van der Waals surface area contributed by atoms with Crippen molar-refractivity contribution in [1.82, 2.24) is 15.5 Å². The first kappa shape index (κ1) is 13.7. The molecule has 0 fully saturated rings. The summed E-state index contributed by atoms with van der Waals surface area (Å²) in [5.74, 6) is 1.01. The first-order valence-corrected chi connectivity index (χ1v) is 6.69. The summed E-state index contributed by atoms with van der Waals surface area (Å²) in [7, 11) is 0. The summed E-state index contributed by atoms with van der Waals surface area (Å²) >= 11 is 3.37. The summed E-state index contributed by atoms with van der Waals surface area (Å²) in [6.07, 6.45) is 0.524. The highest BCUT2D eigenvalue weighted by molar-refractivity contribution is 9.10. The third-order valence-corrected chi connectivity index (χ3v) is 3.25. The van der Waals surface area contributed by atoms with E-state index in [0.717, 1.165) is 10.0 Å². The number of carbonyl (C=O) groups excluding carboxylic acids is 1. The first-order valence-electron chi connectivity index (χ1n) is 5.90. The lowest BCUT2D eigenvalue weighted by atomic mass is 10.1. The number of nitrogens with zero attached hydrogens (tertiary/aromatic N) is 2. The van der Waals surface area contributed by atoms with Crippen LogP contribution < -0.4 is 5.32 Å². The molecule has 1 aromatic heterocycles. The smallest absolute Gasteiger partial charge is 0.252 e. The van der Waals surface area contributed by atoms with E-state index < -0.39 is 0 Å². The van der Waals surface area contributed by atoms with E-state index in [1.807, 2.05) is 25.1 Å². The van der Waals surface area contributed by atoms with Crippen molar-refractivity contribution in [2.24, 2.45) is 0 Å². The van der Waals surface area contributed by atoms with E-state index in [4.69, 9.17) is 4.52 Å². The van der Waals surface area contributed by atoms with Crippen LogP contribution >= 0.6 is 15.9 Å². The molecule has 1 N–H and O–H groups in total. The molecule has 0 aliphatic heterocycles. The SMILES string of the molecule is Cc1ccc(Br)c(C(=O)NCCc2nc(C)no2)c1. The van der Waals surface area contributed by atoms with Crippen LogP contribution in [0.3, 0.4) is 0 Å². The Kier molecular flexibility index (Phi) is 4.31. The monoisotopic (exact) mass is 323 g/mol. The average Bonchev–Trinajstić information content (AvgIpc) is 2.78. The lowest BCUT2D eigenvalue weighted by Gasteiger charge is -2.06. The Hall–Kier alpha value is -1.69. The van der Waals surface area contributed by atoms with Crippen molar-refractivity contribution in [3.63, 3.8) is 0 Å². The van der Waals surface area contributed by atoms with Crippen molar-refractivity contribution in [3.8, 4) is 0 Å². The van der Waals surface area contributed by atoms with E-state index in [1.54, 1.807) is 6.92 Å². The second kappa shape index (κ2) is 5.97. The molecular formula is C13H14BrN3O2. The van der Waals surface area contributed by atoms with Crippen molar-refractivity contribution in [2.75, 3.05) is 6.54 Å². The number of aryl methyl sites for hydroxylation is 2. The quantitative estimate of drug-likeness (QED) is 0.938. The predicted molar refractivity (Wildman–Crippen MR) is 74.0 cm³/mol. The van der Waals surface area contributed by atoms with E-state index in [0.29, 0.717) is 30.2 Å². The lowest BCUT2D eigenvalue weighted by molar-refractivity contribution is 0.0952. The Balaban J connectivity index is 1.92. The summed E-state index contributed by atoms with van der Waals surface area (Å²) < 4.78 is 5.75. The van der Waals surface area contributed by atoms with Gasteiger partial charge < -0.3 is 9.84 Å². The number of amides is 1. The van der Waals surface area contributed by atoms with Crippen LogP contribution in [0.4, 0.5) is 0 Å². The molecule has 0 unspecified atom stereocenters. The van der Waals surface area contributed by atoms with Crippen LogP contribution in [0.5, 0.6) is 0 Å². The zero-order valence-electron chi connectivity index (χ0n) is 10.7. The Morgan fingerprint density at radius 2 is 2.21 bits per heavy atom. The second-order valence-corrected chi connectivity index (χ2v) is 5.08. The number of halogens is 1. The van der Waals surface area contributed by atoms with Crippen LogP contribution in [0.25, 0.3) is 0 Å². The van der Waals surface area contributed by atoms with E-state index in [-0.39, 0.29) is 5.91 Å². The number of rotatable bonds is 4. The summed E-state index contributed by atoms with van der Waals surface area (Å²) in [5.41, 5.74) is 1.67. The number of hydrogen-bond donors (Lipinski definition) is 1. The van der Waals surface area contributed by atoms with E-state index in [2.05, 4.69) is 31.4 Å². The largest absolute Gasteiger partial charge is 0.351 e. The van der Waals surface area contributed by atoms with Crippen LogP contribution in [-0.2, 0) is 6.42 Å². The van der Waals surface area contributed by atoms with E-state index >= 15 is 0 Å². The predicted octanol–water partition coefficient (Wildman–Crippen LogP) is 2.42. The molecule has 100 valence electrons. The molecule has 0 atom stereocenters.